The predicted octanol–water partition coefficient (Wildman–Crippen LogP) is 2.34. The van der Waals surface area contributed by atoms with Crippen LogP contribution in [0, 0.1) is 20.8 Å². The van der Waals surface area contributed by atoms with Gasteiger partial charge in [-0.3, -0.25) is 4.79 Å². The highest BCUT2D eigenvalue weighted by Gasteiger charge is 2.17. The van der Waals surface area contributed by atoms with Gasteiger partial charge in [-0.05, 0) is 50.0 Å². The Morgan fingerprint density at radius 1 is 1.35 bits per heavy atom. The van der Waals surface area contributed by atoms with E-state index in [4.69, 9.17) is 0 Å². The van der Waals surface area contributed by atoms with Crippen molar-refractivity contribution in [2.75, 3.05) is 0 Å². The zero-order valence-corrected chi connectivity index (χ0v) is 12.2. The van der Waals surface area contributed by atoms with Crippen LogP contribution in [0.25, 0.3) is 11.4 Å². The standard InChI is InChI=1S/C13H13N5OS/c1-7-6-8(2)14-11(7)10-4-5-18(16-10)13(19)12-9(3)15-17-20-12/h4-6,14H,1-3H3. The molecule has 0 fully saturated rings. The molecule has 3 heterocycles. The molecule has 0 spiro atoms. The van der Waals surface area contributed by atoms with Gasteiger partial charge in [0.15, 0.2) is 0 Å². The van der Waals surface area contributed by atoms with Gasteiger partial charge in [0.25, 0.3) is 5.91 Å². The van der Waals surface area contributed by atoms with E-state index >= 15 is 0 Å². The van der Waals surface area contributed by atoms with Gasteiger partial charge in [-0.2, -0.15) is 5.10 Å². The molecule has 0 amide bonds. The predicted molar refractivity (Wildman–Crippen MR) is 75.9 cm³/mol. The molecule has 3 rings (SSSR count). The highest BCUT2D eigenvalue weighted by molar-refractivity contribution is 7.08. The first kappa shape index (κ1) is 12.7. The Labute approximate surface area is 119 Å². The molecule has 0 radical (unpaired) electrons. The molecule has 0 aliphatic rings. The van der Waals surface area contributed by atoms with Gasteiger partial charge in [-0.15, -0.1) is 5.10 Å². The quantitative estimate of drug-likeness (QED) is 0.785. The average Bonchev–Trinajstić information content (AvgIpc) is 3.08. The van der Waals surface area contributed by atoms with E-state index in [1.807, 2.05) is 26.0 Å². The summed E-state index contributed by atoms with van der Waals surface area (Å²) in [6, 6.07) is 3.87. The van der Waals surface area contributed by atoms with E-state index in [1.165, 1.54) is 4.68 Å². The summed E-state index contributed by atoms with van der Waals surface area (Å²) in [5.74, 6) is -0.204. The maximum atomic E-state index is 12.3. The number of aryl methyl sites for hydroxylation is 3. The van der Waals surface area contributed by atoms with Gasteiger partial charge in [0.1, 0.15) is 10.6 Å². The first-order valence-corrected chi connectivity index (χ1v) is 6.89. The van der Waals surface area contributed by atoms with E-state index in [1.54, 1.807) is 13.1 Å². The largest absolute Gasteiger partial charge is 0.357 e. The van der Waals surface area contributed by atoms with Crippen molar-refractivity contribution in [1.82, 2.24) is 24.4 Å². The van der Waals surface area contributed by atoms with Gasteiger partial charge in [0.2, 0.25) is 0 Å². The smallest absolute Gasteiger partial charge is 0.291 e. The zero-order chi connectivity index (χ0) is 14.3. The van der Waals surface area contributed by atoms with Crippen LogP contribution in [-0.2, 0) is 0 Å². The van der Waals surface area contributed by atoms with Crippen molar-refractivity contribution >= 4 is 17.4 Å². The number of hydrogen-bond donors (Lipinski definition) is 1. The Morgan fingerprint density at radius 3 is 2.75 bits per heavy atom. The Kier molecular flexibility index (Phi) is 2.98. The maximum absolute atomic E-state index is 12.3. The Hall–Kier alpha value is -2.28. The molecule has 0 aromatic carbocycles. The minimum absolute atomic E-state index is 0.204. The highest BCUT2D eigenvalue weighted by Crippen LogP contribution is 2.21. The van der Waals surface area contributed by atoms with E-state index in [0.717, 1.165) is 34.2 Å². The maximum Gasteiger partial charge on any atom is 0.291 e. The Bertz CT molecular complexity index is 782. The summed E-state index contributed by atoms with van der Waals surface area (Å²) in [6.07, 6.45) is 1.66. The number of nitrogens with zero attached hydrogens (tertiary/aromatic N) is 4. The van der Waals surface area contributed by atoms with Crippen molar-refractivity contribution in [2.24, 2.45) is 0 Å². The lowest BCUT2D eigenvalue weighted by atomic mass is 10.2. The fourth-order valence-corrected chi connectivity index (χ4v) is 2.69. The van der Waals surface area contributed by atoms with Crippen molar-refractivity contribution in [3.63, 3.8) is 0 Å². The molecule has 0 aliphatic heterocycles. The summed E-state index contributed by atoms with van der Waals surface area (Å²) in [6.45, 7) is 5.77. The van der Waals surface area contributed by atoms with Crippen molar-refractivity contribution < 1.29 is 4.79 Å². The third-order valence-corrected chi connectivity index (χ3v) is 3.86. The van der Waals surface area contributed by atoms with Crippen LogP contribution in [0.2, 0.25) is 0 Å². The first-order chi connectivity index (χ1) is 9.56. The lowest BCUT2D eigenvalue weighted by molar-refractivity contribution is 0.0948. The van der Waals surface area contributed by atoms with Crippen LogP contribution in [0.1, 0.15) is 26.6 Å². The summed E-state index contributed by atoms with van der Waals surface area (Å²) in [4.78, 5) is 16.0. The van der Waals surface area contributed by atoms with E-state index < -0.39 is 0 Å². The van der Waals surface area contributed by atoms with Gasteiger partial charge < -0.3 is 4.98 Å². The molecule has 0 saturated carbocycles. The summed E-state index contributed by atoms with van der Waals surface area (Å²) in [7, 11) is 0. The highest BCUT2D eigenvalue weighted by atomic mass is 32.1. The second-order valence-electron chi connectivity index (χ2n) is 4.65. The SMILES string of the molecule is Cc1cc(C)c(-c2ccn(C(=O)c3snnc3C)n2)[nH]1. The Balaban J connectivity index is 1.97. The fraction of sp³-hybridized carbons (Fsp3) is 0.231. The number of rotatable bonds is 2. The van der Waals surface area contributed by atoms with Crippen LogP contribution in [0.4, 0.5) is 0 Å². The number of nitrogens with one attached hydrogen (secondary N) is 1. The van der Waals surface area contributed by atoms with E-state index in [0.29, 0.717) is 10.6 Å². The minimum Gasteiger partial charge on any atom is -0.357 e. The number of carbonyl (C=O) groups excluding carboxylic acids is 1. The first-order valence-electron chi connectivity index (χ1n) is 6.12. The van der Waals surface area contributed by atoms with Crippen LogP contribution in [0.3, 0.4) is 0 Å². The number of aromatic nitrogens is 5. The zero-order valence-electron chi connectivity index (χ0n) is 11.3. The molecule has 0 bridgehead atoms. The van der Waals surface area contributed by atoms with Crippen molar-refractivity contribution in [3.8, 4) is 11.4 Å². The Morgan fingerprint density at radius 2 is 2.15 bits per heavy atom. The summed E-state index contributed by atoms with van der Waals surface area (Å²) >= 11 is 1.09. The lowest BCUT2D eigenvalue weighted by Gasteiger charge is -1.98. The fourth-order valence-electron chi connectivity index (χ4n) is 2.10. The lowest BCUT2D eigenvalue weighted by Crippen LogP contribution is -2.12. The summed E-state index contributed by atoms with van der Waals surface area (Å²) in [5.41, 5.74) is 4.49. The second-order valence-corrected chi connectivity index (χ2v) is 5.40. The van der Waals surface area contributed by atoms with Crippen LogP contribution in [-0.4, -0.2) is 30.3 Å². The number of carbonyl (C=O) groups is 1. The molecule has 6 nitrogen and oxygen atoms in total. The monoisotopic (exact) mass is 287 g/mol. The molecule has 0 aliphatic carbocycles. The van der Waals surface area contributed by atoms with Crippen LogP contribution < -0.4 is 0 Å². The van der Waals surface area contributed by atoms with Crippen LogP contribution >= 0.6 is 11.5 Å². The molecule has 3 aromatic rings. The van der Waals surface area contributed by atoms with Gasteiger partial charge in [-0.1, -0.05) is 4.49 Å². The molecule has 3 aromatic heterocycles. The van der Waals surface area contributed by atoms with E-state index in [2.05, 4.69) is 19.7 Å². The van der Waals surface area contributed by atoms with Gasteiger partial charge in [0, 0.05) is 11.9 Å². The third-order valence-electron chi connectivity index (χ3n) is 3.05. The van der Waals surface area contributed by atoms with Crippen LogP contribution in [0.5, 0.6) is 0 Å². The summed E-state index contributed by atoms with van der Waals surface area (Å²) < 4.78 is 5.10. The second kappa shape index (κ2) is 4.68. The van der Waals surface area contributed by atoms with Gasteiger partial charge in [-0.25, -0.2) is 4.68 Å². The number of hydrogen-bond acceptors (Lipinski definition) is 5. The average molecular weight is 287 g/mol. The number of aromatic amines is 1. The summed E-state index contributed by atoms with van der Waals surface area (Å²) in [5, 5.41) is 8.18. The van der Waals surface area contributed by atoms with E-state index in [9.17, 15) is 4.79 Å². The molecular weight excluding hydrogens is 274 g/mol. The number of H-pyrrole nitrogens is 1. The normalized spacial score (nSPS) is 10.9. The minimum atomic E-state index is -0.204. The van der Waals surface area contributed by atoms with Crippen molar-refractivity contribution in [2.45, 2.75) is 20.8 Å². The molecule has 0 saturated heterocycles. The molecule has 1 N–H and O–H groups in total. The molecule has 102 valence electrons. The van der Waals surface area contributed by atoms with Crippen molar-refractivity contribution in [3.05, 3.63) is 40.2 Å². The third kappa shape index (κ3) is 2.05. The van der Waals surface area contributed by atoms with E-state index in [-0.39, 0.29) is 5.91 Å². The van der Waals surface area contributed by atoms with Gasteiger partial charge in [0.05, 0.1) is 11.4 Å². The molecular formula is C13H13N5OS. The van der Waals surface area contributed by atoms with Crippen LogP contribution in [0.15, 0.2) is 18.3 Å². The van der Waals surface area contributed by atoms with Gasteiger partial charge >= 0.3 is 0 Å². The molecule has 0 atom stereocenters. The topological polar surface area (TPSA) is 76.5 Å². The van der Waals surface area contributed by atoms with Crippen molar-refractivity contribution in [1.29, 1.82) is 0 Å². The molecule has 0 unspecified atom stereocenters. The molecule has 20 heavy (non-hydrogen) atoms. The molecule has 7 heteroatoms.